The van der Waals surface area contributed by atoms with Crippen LogP contribution in [0.5, 0.6) is 0 Å². The molecule has 0 radical (unpaired) electrons. The standard InChI is InChI=1S/C9H9F2NO2/c10-7-2-1-5(3-8(7)11)6(4-12)9(13)14/h1-3,6H,4,12H2,(H,13,14). The molecule has 0 saturated heterocycles. The predicted molar refractivity (Wildman–Crippen MR) is 45.8 cm³/mol. The van der Waals surface area contributed by atoms with Crippen molar-refractivity contribution in [2.24, 2.45) is 5.73 Å². The van der Waals surface area contributed by atoms with E-state index in [1.807, 2.05) is 0 Å². The highest BCUT2D eigenvalue weighted by molar-refractivity contribution is 5.76. The van der Waals surface area contributed by atoms with Gasteiger partial charge < -0.3 is 10.8 Å². The van der Waals surface area contributed by atoms with E-state index in [0.717, 1.165) is 12.1 Å². The Balaban J connectivity index is 3.06. The van der Waals surface area contributed by atoms with Crippen LogP contribution in [0.3, 0.4) is 0 Å². The van der Waals surface area contributed by atoms with E-state index in [4.69, 9.17) is 10.8 Å². The molecule has 0 amide bonds. The first-order valence-corrected chi connectivity index (χ1v) is 3.94. The Morgan fingerprint density at radius 1 is 1.43 bits per heavy atom. The molecule has 14 heavy (non-hydrogen) atoms. The number of aliphatic carboxylic acids is 1. The van der Waals surface area contributed by atoms with Crippen molar-refractivity contribution in [1.82, 2.24) is 0 Å². The summed E-state index contributed by atoms with van der Waals surface area (Å²) in [5, 5.41) is 8.69. The Morgan fingerprint density at radius 3 is 2.50 bits per heavy atom. The van der Waals surface area contributed by atoms with Gasteiger partial charge in [0.05, 0.1) is 5.92 Å². The molecule has 1 unspecified atom stereocenters. The lowest BCUT2D eigenvalue weighted by molar-refractivity contribution is -0.138. The van der Waals surface area contributed by atoms with Crippen molar-refractivity contribution in [3.8, 4) is 0 Å². The molecule has 0 fully saturated rings. The molecule has 0 aliphatic rings. The van der Waals surface area contributed by atoms with E-state index in [1.165, 1.54) is 6.07 Å². The summed E-state index contributed by atoms with van der Waals surface area (Å²) >= 11 is 0. The highest BCUT2D eigenvalue weighted by Crippen LogP contribution is 2.17. The fourth-order valence-corrected chi connectivity index (χ4v) is 1.11. The molecule has 0 saturated carbocycles. The highest BCUT2D eigenvalue weighted by atomic mass is 19.2. The van der Waals surface area contributed by atoms with Crippen LogP contribution in [0, 0.1) is 11.6 Å². The molecule has 5 heteroatoms. The predicted octanol–water partition coefficient (Wildman–Crippen LogP) is 1.09. The number of halogens is 2. The lowest BCUT2D eigenvalue weighted by Crippen LogP contribution is -2.21. The van der Waals surface area contributed by atoms with Crippen molar-refractivity contribution in [1.29, 1.82) is 0 Å². The zero-order chi connectivity index (χ0) is 10.7. The number of rotatable bonds is 3. The summed E-state index contributed by atoms with van der Waals surface area (Å²) in [4.78, 5) is 10.6. The van der Waals surface area contributed by atoms with Crippen LogP contribution in [0.4, 0.5) is 8.78 Å². The summed E-state index contributed by atoms with van der Waals surface area (Å²) in [5.74, 6) is -4.22. The summed E-state index contributed by atoms with van der Waals surface area (Å²) in [7, 11) is 0. The van der Waals surface area contributed by atoms with Crippen LogP contribution >= 0.6 is 0 Å². The van der Waals surface area contributed by atoms with Crippen LogP contribution in [0.1, 0.15) is 11.5 Å². The summed E-state index contributed by atoms with van der Waals surface area (Å²) in [6.45, 7) is -0.152. The van der Waals surface area contributed by atoms with E-state index in [1.54, 1.807) is 0 Å². The molecule has 0 bridgehead atoms. The fraction of sp³-hybridized carbons (Fsp3) is 0.222. The first-order valence-electron chi connectivity index (χ1n) is 3.94. The first kappa shape index (κ1) is 10.6. The van der Waals surface area contributed by atoms with E-state index < -0.39 is 23.5 Å². The average Bonchev–Trinajstić information content (AvgIpc) is 2.11. The van der Waals surface area contributed by atoms with Gasteiger partial charge in [-0.2, -0.15) is 0 Å². The summed E-state index contributed by atoms with van der Waals surface area (Å²) < 4.78 is 25.2. The Kier molecular flexibility index (Phi) is 3.14. The van der Waals surface area contributed by atoms with Crippen LogP contribution in [0.2, 0.25) is 0 Å². The molecule has 0 aromatic heterocycles. The lowest BCUT2D eigenvalue weighted by Gasteiger charge is -2.09. The van der Waals surface area contributed by atoms with Gasteiger partial charge in [0, 0.05) is 6.54 Å². The third-order valence-electron chi connectivity index (χ3n) is 1.88. The van der Waals surface area contributed by atoms with Crippen LogP contribution in [0.15, 0.2) is 18.2 Å². The van der Waals surface area contributed by atoms with E-state index >= 15 is 0 Å². The quantitative estimate of drug-likeness (QED) is 0.769. The maximum atomic E-state index is 12.7. The van der Waals surface area contributed by atoms with Gasteiger partial charge in [0.2, 0.25) is 0 Å². The Labute approximate surface area is 79.2 Å². The molecular weight excluding hydrogens is 192 g/mol. The minimum absolute atomic E-state index is 0.152. The van der Waals surface area contributed by atoms with Crippen molar-refractivity contribution in [3.05, 3.63) is 35.4 Å². The summed E-state index contributed by atoms with van der Waals surface area (Å²) in [6.07, 6.45) is 0. The molecule has 0 spiro atoms. The fourth-order valence-electron chi connectivity index (χ4n) is 1.11. The number of carboxylic acid groups (broad SMARTS) is 1. The molecule has 76 valence electrons. The smallest absolute Gasteiger partial charge is 0.312 e. The Morgan fingerprint density at radius 2 is 2.07 bits per heavy atom. The maximum absolute atomic E-state index is 12.7. The van der Waals surface area contributed by atoms with Crippen LogP contribution in [-0.2, 0) is 4.79 Å². The van der Waals surface area contributed by atoms with E-state index in [-0.39, 0.29) is 12.1 Å². The molecule has 3 N–H and O–H groups in total. The van der Waals surface area contributed by atoms with Gasteiger partial charge in [0.25, 0.3) is 0 Å². The zero-order valence-electron chi connectivity index (χ0n) is 7.21. The van der Waals surface area contributed by atoms with Crippen molar-refractivity contribution >= 4 is 5.97 Å². The number of hydrogen-bond acceptors (Lipinski definition) is 2. The van der Waals surface area contributed by atoms with E-state index in [9.17, 15) is 13.6 Å². The lowest BCUT2D eigenvalue weighted by atomic mass is 9.99. The summed E-state index contributed by atoms with van der Waals surface area (Å²) in [6, 6.07) is 2.95. The van der Waals surface area contributed by atoms with Crippen LogP contribution in [-0.4, -0.2) is 17.6 Å². The highest BCUT2D eigenvalue weighted by Gasteiger charge is 2.19. The molecule has 1 aromatic carbocycles. The molecule has 1 rings (SSSR count). The second-order valence-electron chi connectivity index (χ2n) is 2.80. The van der Waals surface area contributed by atoms with Crippen LogP contribution in [0.25, 0.3) is 0 Å². The van der Waals surface area contributed by atoms with Gasteiger partial charge in [-0.1, -0.05) is 6.07 Å². The third kappa shape index (κ3) is 2.05. The topological polar surface area (TPSA) is 63.3 Å². The number of carboxylic acids is 1. The van der Waals surface area contributed by atoms with Gasteiger partial charge in [0.1, 0.15) is 0 Å². The van der Waals surface area contributed by atoms with Gasteiger partial charge >= 0.3 is 5.97 Å². The third-order valence-corrected chi connectivity index (χ3v) is 1.88. The molecule has 0 aliphatic heterocycles. The molecule has 1 atom stereocenters. The molecule has 0 aliphatic carbocycles. The number of hydrogen-bond donors (Lipinski definition) is 2. The van der Waals surface area contributed by atoms with Gasteiger partial charge in [-0.05, 0) is 17.7 Å². The second-order valence-corrected chi connectivity index (χ2v) is 2.80. The van der Waals surface area contributed by atoms with Gasteiger partial charge in [-0.3, -0.25) is 4.79 Å². The summed E-state index contributed by atoms with van der Waals surface area (Å²) in [5.41, 5.74) is 5.36. The van der Waals surface area contributed by atoms with Gasteiger partial charge in [-0.25, -0.2) is 8.78 Å². The number of nitrogens with two attached hydrogens (primary N) is 1. The monoisotopic (exact) mass is 201 g/mol. The largest absolute Gasteiger partial charge is 0.481 e. The second kappa shape index (κ2) is 4.15. The average molecular weight is 201 g/mol. The van der Waals surface area contributed by atoms with Crippen molar-refractivity contribution < 1.29 is 18.7 Å². The van der Waals surface area contributed by atoms with Crippen molar-refractivity contribution in [2.45, 2.75) is 5.92 Å². The maximum Gasteiger partial charge on any atom is 0.312 e. The molecule has 1 aromatic rings. The van der Waals surface area contributed by atoms with Gasteiger partial charge in [0.15, 0.2) is 11.6 Å². The minimum atomic E-state index is -1.15. The molecular formula is C9H9F2NO2. The minimum Gasteiger partial charge on any atom is -0.481 e. The van der Waals surface area contributed by atoms with Crippen LogP contribution < -0.4 is 5.73 Å². The Hall–Kier alpha value is -1.49. The van der Waals surface area contributed by atoms with E-state index in [2.05, 4.69) is 0 Å². The Bertz CT molecular complexity index is 355. The molecule has 0 heterocycles. The van der Waals surface area contributed by atoms with Crippen molar-refractivity contribution in [2.75, 3.05) is 6.54 Å². The van der Waals surface area contributed by atoms with E-state index in [0.29, 0.717) is 0 Å². The first-order chi connectivity index (χ1) is 6.56. The zero-order valence-corrected chi connectivity index (χ0v) is 7.21. The normalized spacial score (nSPS) is 12.5. The molecule has 3 nitrogen and oxygen atoms in total. The number of carbonyl (C=O) groups is 1. The number of benzene rings is 1. The SMILES string of the molecule is NCC(C(=O)O)c1ccc(F)c(F)c1. The van der Waals surface area contributed by atoms with Crippen molar-refractivity contribution in [3.63, 3.8) is 0 Å². The van der Waals surface area contributed by atoms with Gasteiger partial charge in [-0.15, -0.1) is 0 Å².